The number of halogens is 2. The fraction of sp³-hybridized carbons (Fsp3) is 0.571. The van der Waals surface area contributed by atoms with Crippen LogP contribution in [0.25, 0.3) is 0 Å². The van der Waals surface area contributed by atoms with Gasteiger partial charge in [0.1, 0.15) is 5.82 Å². The predicted octanol–water partition coefficient (Wildman–Crippen LogP) is 3.09. The minimum absolute atomic E-state index is 0.214. The van der Waals surface area contributed by atoms with Gasteiger partial charge in [0, 0.05) is 30.7 Å². The second-order valence-corrected chi connectivity index (χ2v) is 5.33. The second-order valence-electron chi connectivity index (χ2n) is 5.06. The van der Waals surface area contributed by atoms with Crippen molar-refractivity contribution in [3.63, 3.8) is 0 Å². The van der Waals surface area contributed by atoms with E-state index in [1.807, 2.05) is 6.07 Å². The maximum absolute atomic E-state index is 13.3. The van der Waals surface area contributed by atoms with E-state index in [1.54, 1.807) is 6.07 Å². The van der Waals surface area contributed by atoms with Crippen LogP contribution in [0.5, 0.6) is 0 Å². The minimum Gasteiger partial charge on any atom is -0.367 e. The first-order valence-corrected chi connectivity index (χ1v) is 6.95. The van der Waals surface area contributed by atoms with Crippen molar-refractivity contribution in [1.82, 2.24) is 4.90 Å². The molecule has 18 heavy (non-hydrogen) atoms. The maximum atomic E-state index is 13.3. The number of likely N-dealkylation sites (N-methyl/N-ethyl adjacent to an activating group) is 1. The number of rotatable bonds is 2. The first kappa shape index (κ1) is 13.6. The van der Waals surface area contributed by atoms with Gasteiger partial charge < -0.3 is 9.80 Å². The van der Waals surface area contributed by atoms with Gasteiger partial charge in [-0.15, -0.1) is 11.6 Å². The van der Waals surface area contributed by atoms with Gasteiger partial charge in [0.05, 0.1) is 0 Å². The SMILES string of the molecule is CC1CN(C)CCCN1c1ccc(F)cc1CCl. The summed E-state index contributed by atoms with van der Waals surface area (Å²) in [7, 11) is 2.15. The van der Waals surface area contributed by atoms with Gasteiger partial charge in [-0.1, -0.05) is 0 Å². The first-order valence-electron chi connectivity index (χ1n) is 6.41. The largest absolute Gasteiger partial charge is 0.367 e. The average Bonchev–Trinajstić information content (AvgIpc) is 2.50. The zero-order valence-corrected chi connectivity index (χ0v) is 11.8. The van der Waals surface area contributed by atoms with Crippen molar-refractivity contribution >= 4 is 17.3 Å². The van der Waals surface area contributed by atoms with Crippen LogP contribution in [0.3, 0.4) is 0 Å². The van der Waals surface area contributed by atoms with Crippen molar-refractivity contribution in [1.29, 1.82) is 0 Å². The molecule has 2 nitrogen and oxygen atoms in total. The average molecular weight is 271 g/mol. The number of alkyl halides is 1. The third kappa shape index (κ3) is 2.96. The highest BCUT2D eigenvalue weighted by atomic mass is 35.5. The van der Waals surface area contributed by atoms with Crippen LogP contribution in [0.4, 0.5) is 10.1 Å². The third-order valence-corrected chi connectivity index (χ3v) is 3.83. The lowest BCUT2D eigenvalue weighted by molar-refractivity contribution is 0.337. The van der Waals surface area contributed by atoms with Crippen LogP contribution in [0, 0.1) is 5.82 Å². The molecule has 1 fully saturated rings. The van der Waals surface area contributed by atoms with Crippen LogP contribution in [0.15, 0.2) is 18.2 Å². The number of benzene rings is 1. The van der Waals surface area contributed by atoms with Crippen LogP contribution >= 0.6 is 11.6 Å². The summed E-state index contributed by atoms with van der Waals surface area (Å²) in [6.07, 6.45) is 1.12. The molecule has 0 bridgehead atoms. The van der Waals surface area contributed by atoms with Crippen LogP contribution in [0.2, 0.25) is 0 Å². The van der Waals surface area contributed by atoms with Crippen LogP contribution in [-0.4, -0.2) is 37.6 Å². The fourth-order valence-electron chi connectivity index (χ4n) is 2.67. The summed E-state index contributed by atoms with van der Waals surface area (Å²) in [6.45, 7) is 5.35. The van der Waals surface area contributed by atoms with Gasteiger partial charge in [0.2, 0.25) is 0 Å². The van der Waals surface area contributed by atoms with Crippen molar-refractivity contribution in [2.75, 3.05) is 31.6 Å². The van der Waals surface area contributed by atoms with Crippen molar-refractivity contribution in [2.45, 2.75) is 25.3 Å². The highest BCUT2D eigenvalue weighted by Gasteiger charge is 2.21. The van der Waals surface area contributed by atoms with E-state index >= 15 is 0 Å². The lowest BCUT2D eigenvalue weighted by atomic mass is 10.1. The summed E-state index contributed by atoms with van der Waals surface area (Å²) in [5.41, 5.74) is 1.96. The molecule has 0 saturated carbocycles. The molecular weight excluding hydrogens is 251 g/mol. The molecule has 1 heterocycles. The molecule has 1 aromatic rings. The topological polar surface area (TPSA) is 6.48 Å². The number of anilines is 1. The molecular formula is C14H20ClFN2. The Kier molecular flexibility index (Phi) is 4.46. The summed E-state index contributed by atoms with van der Waals surface area (Å²) in [5, 5.41) is 0. The van der Waals surface area contributed by atoms with Gasteiger partial charge in [-0.05, 0) is 50.7 Å². The normalized spacial score (nSPS) is 22.0. The molecule has 1 atom stereocenters. The summed E-state index contributed by atoms with van der Waals surface area (Å²) >= 11 is 5.94. The number of hydrogen-bond acceptors (Lipinski definition) is 2. The standard InChI is InChI=1S/C14H20ClFN2/c1-11-10-17(2)6-3-7-18(11)14-5-4-13(16)8-12(14)9-15/h4-5,8,11H,3,6-7,9-10H2,1-2H3. The predicted molar refractivity (Wildman–Crippen MR) is 74.9 cm³/mol. The molecule has 0 aromatic heterocycles. The Morgan fingerprint density at radius 1 is 1.39 bits per heavy atom. The quantitative estimate of drug-likeness (QED) is 0.762. The van der Waals surface area contributed by atoms with Crippen LogP contribution < -0.4 is 4.90 Å². The molecule has 0 amide bonds. The molecule has 0 radical (unpaired) electrons. The van der Waals surface area contributed by atoms with Gasteiger partial charge >= 0.3 is 0 Å². The molecule has 1 aromatic carbocycles. The summed E-state index contributed by atoms with van der Waals surface area (Å²) in [6, 6.07) is 5.34. The Bertz CT molecular complexity index is 411. The van der Waals surface area contributed by atoms with Gasteiger partial charge in [0.15, 0.2) is 0 Å². The highest BCUT2D eigenvalue weighted by Crippen LogP contribution is 2.26. The van der Waals surface area contributed by atoms with E-state index in [0.29, 0.717) is 11.9 Å². The van der Waals surface area contributed by atoms with Crippen LogP contribution in [-0.2, 0) is 5.88 Å². The van der Waals surface area contributed by atoms with Gasteiger partial charge in [-0.25, -0.2) is 4.39 Å². The smallest absolute Gasteiger partial charge is 0.123 e. The van der Waals surface area contributed by atoms with E-state index < -0.39 is 0 Å². The molecule has 0 spiro atoms. The Morgan fingerprint density at radius 2 is 2.17 bits per heavy atom. The minimum atomic E-state index is -0.214. The zero-order valence-electron chi connectivity index (χ0n) is 11.0. The number of hydrogen-bond donors (Lipinski definition) is 0. The third-order valence-electron chi connectivity index (χ3n) is 3.54. The second kappa shape index (κ2) is 5.89. The zero-order chi connectivity index (χ0) is 13.1. The summed E-state index contributed by atoms with van der Waals surface area (Å²) in [5.74, 6) is 0.139. The Hall–Kier alpha value is -0.800. The Morgan fingerprint density at radius 3 is 2.89 bits per heavy atom. The van der Waals surface area contributed by atoms with E-state index in [4.69, 9.17) is 11.6 Å². The van der Waals surface area contributed by atoms with Gasteiger partial charge in [-0.2, -0.15) is 0 Å². The van der Waals surface area contributed by atoms with E-state index in [9.17, 15) is 4.39 Å². The molecule has 1 aliphatic rings. The van der Waals surface area contributed by atoms with E-state index in [1.165, 1.54) is 6.07 Å². The monoisotopic (exact) mass is 270 g/mol. The van der Waals surface area contributed by atoms with Gasteiger partial charge in [-0.3, -0.25) is 0 Å². The Balaban J connectivity index is 2.29. The first-order chi connectivity index (χ1) is 8.61. The summed E-state index contributed by atoms with van der Waals surface area (Å²) < 4.78 is 13.3. The fourth-order valence-corrected chi connectivity index (χ4v) is 2.89. The molecule has 1 saturated heterocycles. The molecule has 0 N–H and O–H groups in total. The molecule has 4 heteroatoms. The van der Waals surface area contributed by atoms with Crippen molar-refractivity contribution in [2.24, 2.45) is 0 Å². The van der Waals surface area contributed by atoms with Crippen molar-refractivity contribution < 1.29 is 4.39 Å². The molecule has 100 valence electrons. The lowest BCUT2D eigenvalue weighted by Crippen LogP contribution is -2.38. The highest BCUT2D eigenvalue weighted by molar-refractivity contribution is 6.17. The maximum Gasteiger partial charge on any atom is 0.123 e. The lowest BCUT2D eigenvalue weighted by Gasteiger charge is -2.31. The molecule has 1 aliphatic heterocycles. The van der Waals surface area contributed by atoms with Crippen molar-refractivity contribution in [3.8, 4) is 0 Å². The van der Waals surface area contributed by atoms with Gasteiger partial charge in [0.25, 0.3) is 0 Å². The molecule has 0 aliphatic carbocycles. The van der Waals surface area contributed by atoms with E-state index in [-0.39, 0.29) is 5.82 Å². The van der Waals surface area contributed by atoms with Crippen molar-refractivity contribution in [3.05, 3.63) is 29.6 Å². The summed E-state index contributed by atoms with van der Waals surface area (Å²) in [4.78, 5) is 4.69. The van der Waals surface area contributed by atoms with Crippen LogP contribution in [0.1, 0.15) is 18.9 Å². The molecule has 1 unspecified atom stereocenters. The van der Waals surface area contributed by atoms with E-state index in [2.05, 4.69) is 23.8 Å². The number of nitrogens with zero attached hydrogens (tertiary/aromatic N) is 2. The van der Waals surface area contributed by atoms with E-state index in [0.717, 1.165) is 37.3 Å². The Labute approximate surface area is 113 Å². The molecule has 2 rings (SSSR count).